The van der Waals surface area contributed by atoms with E-state index in [1.165, 1.54) is 83.5 Å². The van der Waals surface area contributed by atoms with Gasteiger partial charge in [-0.15, -0.1) is 0 Å². The summed E-state index contributed by atoms with van der Waals surface area (Å²) in [5.41, 5.74) is 0. The Balaban J connectivity index is 1.82. The number of carbonyl (C=O) groups is 1. The quantitative estimate of drug-likeness (QED) is 0.266. The standard InChI is InChI=1S/C23H46BNO3/c1-2-3-4-5-6-7-8-9-10-11-12-13-14-15-16-17-23(27)25-20-18-22(24)28-21(20)19-26/h20-22,26H,2-19,24H2,1H3,(H,25,27)/t20?,21-,22-/m1/s1. The molecule has 1 fully saturated rings. The van der Waals surface area contributed by atoms with Gasteiger partial charge in [0.05, 0.1) is 12.6 Å². The predicted molar refractivity (Wildman–Crippen MR) is 120 cm³/mol. The number of unbranched alkanes of at least 4 members (excludes halogenated alkanes) is 14. The number of nitrogens with one attached hydrogen (secondary N) is 1. The number of hydrogen-bond donors (Lipinski definition) is 2. The van der Waals surface area contributed by atoms with Gasteiger partial charge in [0.25, 0.3) is 0 Å². The highest BCUT2D eigenvalue weighted by Crippen LogP contribution is 2.18. The van der Waals surface area contributed by atoms with Crippen LogP contribution in [0.1, 0.15) is 116 Å². The van der Waals surface area contributed by atoms with Crippen LogP contribution in [-0.4, -0.2) is 43.6 Å². The normalized spacial score (nSPS) is 21.9. The maximum Gasteiger partial charge on any atom is 0.220 e. The highest BCUT2D eigenvalue weighted by molar-refractivity contribution is 6.11. The molecule has 1 heterocycles. The third kappa shape index (κ3) is 12.8. The molecule has 0 radical (unpaired) electrons. The summed E-state index contributed by atoms with van der Waals surface area (Å²) in [6, 6.07) is 0.0945. The molecular formula is C23H46BNO3. The molecule has 1 unspecified atom stereocenters. The highest BCUT2D eigenvalue weighted by Gasteiger charge is 2.32. The molecule has 4 nitrogen and oxygen atoms in total. The van der Waals surface area contributed by atoms with Crippen molar-refractivity contribution < 1.29 is 14.6 Å². The summed E-state index contributed by atoms with van der Waals surface area (Å²) in [6.45, 7) is 2.26. The summed E-state index contributed by atoms with van der Waals surface area (Å²) in [6.07, 6.45) is 21.2. The van der Waals surface area contributed by atoms with E-state index in [-0.39, 0.29) is 30.7 Å². The number of aliphatic hydroxyl groups excluding tert-OH is 1. The molecule has 28 heavy (non-hydrogen) atoms. The third-order valence-corrected chi connectivity index (χ3v) is 5.98. The second-order valence-corrected chi connectivity index (χ2v) is 8.78. The lowest BCUT2D eigenvalue weighted by Crippen LogP contribution is -2.41. The summed E-state index contributed by atoms with van der Waals surface area (Å²) in [5.74, 6) is 0.107. The van der Waals surface area contributed by atoms with Crippen LogP contribution in [0.2, 0.25) is 0 Å². The van der Waals surface area contributed by atoms with Crippen LogP contribution >= 0.6 is 0 Å². The molecule has 3 atom stereocenters. The first kappa shape index (κ1) is 25.5. The van der Waals surface area contributed by atoms with Gasteiger partial charge < -0.3 is 15.2 Å². The lowest BCUT2D eigenvalue weighted by Gasteiger charge is -2.17. The second-order valence-electron chi connectivity index (χ2n) is 8.78. The number of aliphatic hydroxyl groups is 1. The Hall–Kier alpha value is -0.545. The molecule has 0 aromatic heterocycles. The molecule has 0 aromatic carbocycles. The van der Waals surface area contributed by atoms with Gasteiger partial charge in [-0.1, -0.05) is 96.8 Å². The monoisotopic (exact) mass is 395 g/mol. The van der Waals surface area contributed by atoms with Crippen LogP contribution in [0.4, 0.5) is 0 Å². The average molecular weight is 395 g/mol. The Labute approximate surface area is 175 Å². The smallest absolute Gasteiger partial charge is 0.220 e. The van der Waals surface area contributed by atoms with Crippen molar-refractivity contribution >= 4 is 13.8 Å². The minimum absolute atomic E-state index is 0.0196. The molecule has 0 saturated carbocycles. The Morgan fingerprint density at radius 2 is 1.36 bits per heavy atom. The van der Waals surface area contributed by atoms with Crippen LogP contribution in [0.3, 0.4) is 0 Å². The molecule has 1 amide bonds. The van der Waals surface area contributed by atoms with Gasteiger partial charge >= 0.3 is 0 Å². The number of hydrogen-bond acceptors (Lipinski definition) is 3. The van der Waals surface area contributed by atoms with E-state index >= 15 is 0 Å². The third-order valence-electron chi connectivity index (χ3n) is 5.98. The van der Waals surface area contributed by atoms with Crippen molar-refractivity contribution in [3.8, 4) is 0 Å². The summed E-state index contributed by atoms with van der Waals surface area (Å²) in [4.78, 5) is 12.1. The topological polar surface area (TPSA) is 58.6 Å². The average Bonchev–Trinajstić information content (AvgIpc) is 3.04. The zero-order chi connectivity index (χ0) is 20.5. The van der Waals surface area contributed by atoms with Gasteiger partial charge in [-0.05, 0) is 12.8 Å². The Kier molecular flexibility index (Phi) is 15.8. The summed E-state index contributed by atoms with van der Waals surface area (Å²) < 4.78 is 5.59. The fraction of sp³-hybridized carbons (Fsp3) is 0.957. The zero-order valence-electron chi connectivity index (χ0n) is 18.7. The summed E-state index contributed by atoms with van der Waals surface area (Å²) >= 11 is 0. The van der Waals surface area contributed by atoms with Gasteiger partial charge in [0.2, 0.25) is 5.91 Å². The minimum atomic E-state index is -0.236. The number of rotatable bonds is 18. The molecule has 0 spiro atoms. The zero-order valence-corrected chi connectivity index (χ0v) is 18.7. The van der Waals surface area contributed by atoms with Crippen LogP contribution in [0, 0.1) is 0 Å². The van der Waals surface area contributed by atoms with E-state index in [1.807, 2.05) is 7.85 Å². The number of ether oxygens (including phenoxy) is 1. The first-order chi connectivity index (χ1) is 13.7. The van der Waals surface area contributed by atoms with Gasteiger partial charge in [-0.3, -0.25) is 4.79 Å². The van der Waals surface area contributed by atoms with E-state index in [0.717, 1.165) is 19.3 Å². The summed E-state index contributed by atoms with van der Waals surface area (Å²) in [5, 5.41) is 12.3. The predicted octanol–water partition coefficient (Wildman–Crippen LogP) is 4.47. The van der Waals surface area contributed by atoms with Crippen molar-refractivity contribution in [1.29, 1.82) is 0 Å². The highest BCUT2D eigenvalue weighted by atomic mass is 16.5. The van der Waals surface area contributed by atoms with E-state index in [4.69, 9.17) is 4.74 Å². The van der Waals surface area contributed by atoms with Crippen molar-refractivity contribution in [2.24, 2.45) is 0 Å². The van der Waals surface area contributed by atoms with Crippen molar-refractivity contribution in [1.82, 2.24) is 5.32 Å². The molecule has 1 rings (SSSR count). The van der Waals surface area contributed by atoms with Crippen LogP contribution < -0.4 is 5.32 Å². The largest absolute Gasteiger partial charge is 0.394 e. The van der Waals surface area contributed by atoms with Crippen molar-refractivity contribution in [2.45, 2.75) is 134 Å². The van der Waals surface area contributed by atoms with Gasteiger partial charge in [0.15, 0.2) is 0 Å². The molecule has 0 aliphatic carbocycles. The van der Waals surface area contributed by atoms with Crippen molar-refractivity contribution in [2.75, 3.05) is 6.61 Å². The molecule has 5 heteroatoms. The molecule has 0 aromatic rings. The maximum atomic E-state index is 12.1. The van der Waals surface area contributed by atoms with Crippen LogP contribution in [0.15, 0.2) is 0 Å². The molecular weight excluding hydrogens is 349 g/mol. The van der Waals surface area contributed by atoms with E-state index < -0.39 is 0 Å². The fourth-order valence-corrected chi connectivity index (χ4v) is 4.22. The fourth-order valence-electron chi connectivity index (χ4n) is 4.22. The van der Waals surface area contributed by atoms with Gasteiger partial charge in [-0.25, -0.2) is 0 Å². The van der Waals surface area contributed by atoms with Gasteiger partial charge in [-0.2, -0.15) is 0 Å². The molecule has 0 bridgehead atoms. The lowest BCUT2D eigenvalue weighted by molar-refractivity contribution is -0.122. The van der Waals surface area contributed by atoms with Gasteiger partial charge in [0, 0.05) is 12.4 Å². The number of amides is 1. The van der Waals surface area contributed by atoms with Crippen molar-refractivity contribution in [3.63, 3.8) is 0 Å². The van der Waals surface area contributed by atoms with Crippen LogP contribution in [0.25, 0.3) is 0 Å². The van der Waals surface area contributed by atoms with E-state index in [9.17, 15) is 9.90 Å². The molecule has 1 saturated heterocycles. The van der Waals surface area contributed by atoms with Gasteiger partial charge in [0.1, 0.15) is 14.0 Å². The van der Waals surface area contributed by atoms with E-state index in [1.54, 1.807) is 0 Å². The molecule has 2 N–H and O–H groups in total. The SMILES string of the molecule is B[C@H]1CC(NC(=O)CCCCCCCCCCCCCCCCC)[C@@H](CO)O1. The minimum Gasteiger partial charge on any atom is -0.394 e. The lowest BCUT2D eigenvalue weighted by atomic mass is 9.95. The second kappa shape index (κ2) is 17.3. The summed E-state index contributed by atoms with van der Waals surface area (Å²) in [7, 11) is 1.99. The number of carbonyl (C=O) groups excluding carboxylic acids is 1. The van der Waals surface area contributed by atoms with Crippen molar-refractivity contribution in [3.05, 3.63) is 0 Å². The molecule has 1 aliphatic heterocycles. The molecule has 1 aliphatic rings. The first-order valence-corrected chi connectivity index (χ1v) is 12.2. The van der Waals surface area contributed by atoms with Crippen LogP contribution in [-0.2, 0) is 9.53 Å². The Morgan fingerprint density at radius 1 is 0.893 bits per heavy atom. The Bertz CT molecular complexity index is 381. The molecule has 164 valence electrons. The maximum absolute atomic E-state index is 12.1. The Morgan fingerprint density at radius 3 is 1.82 bits per heavy atom. The van der Waals surface area contributed by atoms with Crippen LogP contribution in [0.5, 0.6) is 0 Å². The van der Waals surface area contributed by atoms with E-state index in [2.05, 4.69) is 12.2 Å². The van der Waals surface area contributed by atoms with E-state index in [0.29, 0.717) is 6.42 Å². The first-order valence-electron chi connectivity index (χ1n) is 12.2.